The summed E-state index contributed by atoms with van der Waals surface area (Å²) < 4.78 is 23.9. The number of carbonyl (C=O) groups excluding carboxylic acids is 1. The number of likely N-dealkylation sites (tertiary alicyclic amines) is 1. The molecule has 1 saturated heterocycles. The summed E-state index contributed by atoms with van der Waals surface area (Å²) in [7, 11) is -1.28. The number of nitrogens with two attached hydrogens (primary N) is 1. The number of piperidine rings is 1. The number of hydrogen-bond donors (Lipinski definition) is 3. The molecule has 0 unspecified atom stereocenters. The smallest absolute Gasteiger partial charge is 0.251 e. The van der Waals surface area contributed by atoms with Gasteiger partial charge >= 0.3 is 0 Å². The Kier molecular flexibility index (Phi) is 8.12. The highest BCUT2D eigenvalue weighted by molar-refractivity contribution is 7.90. The van der Waals surface area contributed by atoms with Crippen molar-refractivity contribution in [2.24, 2.45) is 0 Å². The monoisotopic (exact) mass is 470 g/mol. The first kappa shape index (κ1) is 24.8. The summed E-state index contributed by atoms with van der Waals surface area (Å²) in [6.45, 7) is 4.06. The lowest BCUT2D eigenvalue weighted by molar-refractivity contribution is -0.628. The van der Waals surface area contributed by atoms with Gasteiger partial charge in [-0.25, -0.2) is 8.42 Å². The van der Waals surface area contributed by atoms with Crippen LogP contribution in [0.4, 0.5) is 0 Å². The number of sulfone groups is 1. The van der Waals surface area contributed by atoms with Crippen LogP contribution in [0.25, 0.3) is 5.57 Å². The maximum Gasteiger partial charge on any atom is 0.251 e. The van der Waals surface area contributed by atoms with Crippen LogP contribution in [0.5, 0.6) is 0 Å². The molecule has 0 spiro atoms. The van der Waals surface area contributed by atoms with Crippen molar-refractivity contribution in [2.75, 3.05) is 26.4 Å². The molecule has 1 aromatic heterocycles. The minimum atomic E-state index is -3.42. The molecular formula is C24H32N5O3S+. The molecule has 3 rings (SSSR count). The number of aryl methyl sites for hydroxylation is 1. The molecule has 2 heterocycles. The quantitative estimate of drug-likeness (QED) is 0.504. The number of carbonyl (C=O) groups is 1. The van der Waals surface area contributed by atoms with E-state index in [2.05, 4.69) is 27.6 Å². The summed E-state index contributed by atoms with van der Waals surface area (Å²) in [5.74, 6) is -0.370. The Morgan fingerprint density at radius 2 is 1.97 bits per heavy atom. The van der Waals surface area contributed by atoms with Crippen molar-refractivity contribution in [2.45, 2.75) is 37.2 Å². The van der Waals surface area contributed by atoms with Crippen molar-refractivity contribution in [3.05, 3.63) is 65.1 Å². The second-order valence-corrected chi connectivity index (χ2v) is 10.6. The highest BCUT2D eigenvalue weighted by atomic mass is 32.2. The van der Waals surface area contributed by atoms with Gasteiger partial charge in [0.15, 0.2) is 9.84 Å². The number of nitrogens with one attached hydrogen (secondary N) is 2. The van der Waals surface area contributed by atoms with Crippen LogP contribution < -0.4 is 10.6 Å². The van der Waals surface area contributed by atoms with Gasteiger partial charge in [-0.2, -0.15) is 0 Å². The lowest BCUT2D eigenvalue weighted by Crippen LogP contribution is -2.86. The first-order valence-electron chi connectivity index (χ1n) is 11.0. The number of rotatable bonds is 8. The summed E-state index contributed by atoms with van der Waals surface area (Å²) in [5, 5.41) is 12.8. The molecule has 4 N–H and O–H groups in total. The number of pyridine rings is 1. The Morgan fingerprint density at radius 1 is 1.24 bits per heavy atom. The average Bonchev–Trinajstić information content (AvgIpc) is 2.79. The van der Waals surface area contributed by atoms with Gasteiger partial charge < -0.3 is 20.9 Å². The number of amides is 1. The molecule has 1 aliphatic rings. The predicted octanol–water partition coefficient (Wildman–Crippen LogP) is 1.37. The number of allylic oxidation sites excluding steroid dienone is 1. The number of aromatic nitrogens is 1. The summed E-state index contributed by atoms with van der Waals surface area (Å²) >= 11 is 0. The number of nitrogens with zero attached hydrogens (tertiary/aromatic N) is 2. The van der Waals surface area contributed by atoms with Crippen LogP contribution in [0.15, 0.2) is 47.6 Å². The molecule has 1 fully saturated rings. The van der Waals surface area contributed by atoms with Crippen molar-refractivity contribution in [3.8, 4) is 0 Å². The summed E-state index contributed by atoms with van der Waals surface area (Å²) in [6.07, 6.45) is 8.36. The van der Waals surface area contributed by atoms with Crippen LogP contribution in [-0.4, -0.2) is 62.9 Å². The van der Waals surface area contributed by atoms with Crippen LogP contribution in [-0.2, 0) is 16.4 Å². The maximum absolute atomic E-state index is 12.6. The fourth-order valence-electron chi connectivity index (χ4n) is 3.86. The minimum Gasteiger partial charge on any atom is -0.346 e. The first-order chi connectivity index (χ1) is 15.7. The third-order valence-electron chi connectivity index (χ3n) is 5.90. The van der Waals surface area contributed by atoms with E-state index in [-0.39, 0.29) is 22.9 Å². The van der Waals surface area contributed by atoms with E-state index in [1.807, 2.05) is 18.3 Å². The summed E-state index contributed by atoms with van der Waals surface area (Å²) in [6, 6.07) is 8.87. The van der Waals surface area contributed by atoms with Gasteiger partial charge in [0.25, 0.3) is 5.91 Å². The molecule has 0 atom stereocenters. The number of benzene rings is 1. The van der Waals surface area contributed by atoms with Crippen LogP contribution in [0.3, 0.4) is 0 Å². The van der Waals surface area contributed by atoms with Crippen LogP contribution in [0.1, 0.15) is 40.0 Å². The third-order valence-corrected chi connectivity index (χ3v) is 7.14. The van der Waals surface area contributed by atoms with Crippen molar-refractivity contribution >= 4 is 27.5 Å². The van der Waals surface area contributed by atoms with Gasteiger partial charge in [0.05, 0.1) is 28.7 Å². The molecule has 0 saturated carbocycles. The Hall–Kier alpha value is -2.88. The van der Waals surface area contributed by atoms with Gasteiger partial charge in [-0.15, -0.1) is 0 Å². The topological polar surface area (TPSA) is 120 Å². The molecule has 33 heavy (non-hydrogen) atoms. The van der Waals surface area contributed by atoms with Crippen molar-refractivity contribution in [1.29, 1.82) is 5.41 Å². The number of quaternary nitrogens is 1. The van der Waals surface area contributed by atoms with E-state index >= 15 is 0 Å². The minimum absolute atomic E-state index is 0.150. The zero-order valence-corrected chi connectivity index (χ0v) is 20.2. The third kappa shape index (κ3) is 6.80. The van der Waals surface area contributed by atoms with Crippen molar-refractivity contribution < 1.29 is 18.5 Å². The van der Waals surface area contributed by atoms with Crippen LogP contribution in [0, 0.1) is 12.3 Å². The molecule has 0 aliphatic carbocycles. The zero-order chi connectivity index (χ0) is 24.0. The van der Waals surface area contributed by atoms with E-state index in [1.54, 1.807) is 25.3 Å². The van der Waals surface area contributed by atoms with E-state index in [4.69, 9.17) is 5.41 Å². The highest BCUT2D eigenvalue weighted by Gasteiger charge is 2.19. The second kappa shape index (κ2) is 10.8. The fourth-order valence-corrected chi connectivity index (χ4v) is 4.85. The molecule has 0 radical (unpaired) electrons. The Bertz CT molecular complexity index is 1150. The van der Waals surface area contributed by atoms with Gasteiger partial charge in [0.2, 0.25) is 0 Å². The Labute approximate surface area is 195 Å². The van der Waals surface area contributed by atoms with Crippen LogP contribution in [0.2, 0.25) is 0 Å². The normalized spacial score (nSPS) is 15.9. The predicted molar refractivity (Wildman–Crippen MR) is 129 cm³/mol. The SMILES string of the molecule is Cc1ccc(C(=O)NCc2cc(/C(C=N)=C/[NH2+]C3CCN(C)CC3)ccn2)cc1S(C)(=O)=O. The second-order valence-electron chi connectivity index (χ2n) is 8.57. The fraction of sp³-hybridized carbons (Fsp3) is 0.375. The van der Waals surface area contributed by atoms with E-state index in [9.17, 15) is 13.2 Å². The Balaban J connectivity index is 1.66. The summed E-state index contributed by atoms with van der Waals surface area (Å²) in [4.78, 5) is 19.4. The standard InChI is InChI=1S/C24H31N5O3S/c1-17-4-5-19(13-23(17)33(3,31)32)24(30)28-16-22-12-18(6-9-26-22)20(14-25)15-27-21-7-10-29(2)11-8-21/h4-6,9,12-15,21,25,27H,7-8,10-11,16H2,1-3H3,(H,28,30)/p+1/b20-15+,25-14?. The van der Waals surface area contributed by atoms with Gasteiger partial charge in [0, 0.05) is 50.2 Å². The average molecular weight is 471 g/mol. The van der Waals surface area contributed by atoms with Crippen molar-refractivity contribution in [3.63, 3.8) is 0 Å². The van der Waals surface area contributed by atoms with E-state index in [0.29, 0.717) is 17.3 Å². The molecule has 1 aliphatic heterocycles. The van der Waals surface area contributed by atoms with Gasteiger partial charge in [-0.3, -0.25) is 9.78 Å². The van der Waals surface area contributed by atoms with Crippen molar-refractivity contribution in [1.82, 2.24) is 15.2 Å². The van der Waals surface area contributed by atoms with Gasteiger partial charge in [0.1, 0.15) is 6.20 Å². The first-order valence-corrected chi connectivity index (χ1v) is 12.8. The van der Waals surface area contributed by atoms with Gasteiger partial charge in [-0.05, 0) is 49.4 Å². The molecule has 1 amide bonds. The summed E-state index contributed by atoms with van der Waals surface area (Å²) in [5.41, 5.74) is 3.20. The number of hydrogen-bond acceptors (Lipinski definition) is 6. The molecular weight excluding hydrogens is 438 g/mol. The molecule has 1 aromatic carbocycles. The van der Waals surface area contributed by atoms with E-state index < -0.39 is 9.84 Å². The zero-order valence-electron chi connectivity index (χ0n) is 19.3. The molecule has 2 aromatic rings. The molecule has 9 heteroatoms. The lowest BCUT2D eigenvalue weighted by Gasteiger charge is -2.26. The molecule has 8 nitrogen and oxygen atoms in total. The van der Waals surface area contributed by atoms with E-state index in [1.165, 1.54) is 12.3 Å². The Morgan fingerprint density at radius 3 is 2.64 bits per heavy atom. The lowest BCUT2D eigenvalue weighted by atomic mass is 10.0. The molecule has 176 valence electrons. The molecule has 0 bridgehead atoms. The highest BCUT2D eigenvalue weighted by Crippen LogP contribution is 2.17. The van der Waals surface area contributed by atoms with E-state index in [0.717, 1.165) is 43.3 Å². The van der Waals surface area contributed by atoms with Crippen LogP contribution >= 0.6 is 0 Å². The largest absolute Gasteiger partial charge is 0.346 e. The maximum atomic E-state index is 12.6. The van der Waals surface area contributed by atoms with Gasteiger partial charge in [-0.1, -0.05) is 6.07 Å².